The molecule has 3 rings (SSSR count). The van der Waals surface area contributed by atoms with Crippen LogP contribution in [0.4, 0.5) is 0 Å². The Balaban J connectivity index is 1.94. The van der Waals surface area contributed by atoms with Crippen LogP contribution in [0.3, 0.4) is 0 Å². The van der Waals surface area contributed by atoms with Gasteiger partial charge in [-0.1, -0.05) is 37.3 Å². The average molecular weight is 372 g/mol. The highest BCUT2D eigenvalue weighted by Gasteiger charge is 2.19. The highest BCUT2D eigenvalue weighted by molar-refractivity contribution is 7.90. The van der Waals surface area contributed by atoms with E-state index in [1.54, 1.807) is 6.33 Å². The lowest BCUT2D eigenvalue weighted by Gasteiger charge is -2.14. The number of hydrogen-bond acceptors (Lipinski definition) is 4. The molecule has 0 amide bonds. The molecule has 1 aromatic carbocycles. The zero-order valence-electron chi connectivity index (χ0n) is 15.3. The molecule has 26 heavy (non-hydrogen) atoms. The fraction of sp³-hybridized carbons (Fsp3) is 0.350. The molecule has 0 N–H and O–H groups in total. The van der Waals surface area contributed by atoms with Gasteiger partial charge in [0.15, 0.2) is 0 Å². The maximum absolute atomic E-state index is 11.6. The van der Waals surface area contributed by atoms with Crippen LogP contribution < -0.4 is 0 Å². The van der Waals surface area contributed by atoms with Crippen molar-refractivity contribution < 1.29 is 12.8 Å². The Morgan fingerprint density at radius 3 is 2.50 bits per heavy atom. The van der Waals surface area contributed by atoms with Crippen molar-refractivity contribution in [2.24, 2.45) is 0 Å². The molecule has 2 heterocycles. The SMILES string of the molecule is Cc1ccc([C@@H](C)Cc2c(-c3ccccc3)ncn2CCS(C)(=O)=O)o1. The number of sulfone groups is 1. The Kier molecular flexibility index (Phi) is 5.32. The normalized spacial score (nSPS) is 13.0. The van der Waals surface area contributed by atoms with E-state index in [1.807, 2.05) is 54.0 Å². The number of aromatic nitrogens is 2. The predicted molar refractivity (Wildman–Crippen MR) is 103 cm³/mol. The van der Waals surface area contributed by atoms with Crippen molar-refractivity contribution in [3.63, 3.8) is 0 Å². The minimum atomic E-state index is -3.04. The average Bonchev–Trinajstić information content (AvgIpc) is 3.19. The molecule has 0 bridgehead atoms. The lowest BCUT2D eigenvalue weighted by molar-refractivity contribution is 0.448. The van der Waals surface area contributed by atoms with E-state index in [9.17, 15) is 8.42 Å². The molecule has 0 aliphatic rings. The van der Waals surface area contributed by atoms with E-state index in [0.29, 0.717) is 6.54 Å². The van der Waals surface area contributed by atoms with Crippen LogP contribution in [0.1, 0.15) is 30.1 Å². The third-order valence-corrected chi connectivity index (χ3v) is 5.37. The summed E-state index contributed by atoms with van der Waals surface area (Å²) in [7, 11) is -3.04. The smallest absolute Gasteiger partial charge is 0.149 e. The van der Waals surface area contributed by atoms with Gasteiger partial charge >= 0.3 is 0 Å². The summed E-state index contributed by atoms with van der Waals surface area (Å²) < 4.78 is 30.9. The zero-order chi connectivity index (χ0) is 18.7. The second kappa shape index (κ2) is 7.50. The summed E-state index contributed by atoms with van der Waals surface area (Å²) in [6.07, 6.45) is 3.72. The summed E-state index contributed by atoms with van der Waals surface area (Å²) in [6.45, 7) is 4.45. The molecular formula is C20H24N2O3S. The Labute approximate surface area is 154 Å². The third kappa shape index (κ3) is 4.43. The maximum Gasteiger partial charge on any atom is 0.149 e. The number of nitrogens with zero attached hydrogens (tertiary/aromatic N) is 2. The molecule has 0 fully saturated rings. The van der Waals surface area contributed by atoms with Crippen LogP contribution in [0.2, 0.25) is 0 Å². The molecule has 0 aliphatic carbocycles. The summed E-state index contributed by atoms with van der Waals surface area (Å²) in [5.74, 6) is 2.08. The van der Waals surface area contributed by atoms with Crippen LogP contribution in [0.5, 0.6) is 0 Å². The largest absolute Gasteiger partial charge is 0.466 e. The molecule has 138 valence electrons. The van der Waals surface area contributed by atoms with Gasteiger partial charge in [0.2, 0.25) is 0 Å². The molecule has 5 nitrogen and oxygen atoms in total. The zero-order valence-corrected chi connectivity index (χ0v) is 16.2. The van der Waals surface area contributed by atoms with E-state index in [2.05, 4.69) is 11.9 Å². The number of rotatable bonds is 7. The molecule has 1 atom stereocenters. The first-order valence-corrected chi connectivity index (χ1v) is 10.7. The summed E-state index contributed by atoms with van der Waals surface area (Å²) in [4.78, 5) is 4.58. The van der Waals surface area contributed by atoms with Gasteiger partial charge in [0.05, 0.1) is 17.8 Å². The van der Waals surface area contributed by atoms with Crippen LogP contribution in [0.15, 0.2) is 53.2 Å². The van der Waals surface area contributed by atoms with E-state index in [0.717, 1.165) is 34.9 Å². The van der Waals surface area contributed by atoms with Gasteiger partial charge in [0, 0.05) is 30.0 Å². The second-order valence-electron chi connectivity index (χ2n) is 6.78. The van der Waals surface area contributed by atoms with Gasteiger partial charge in [0.1, 0.15) is 21.4 Å². The van der Waals surface area contributed by atoms with Crippen molar-refractivity contribution in [2.75, 3.05) is 12.0 Å². The van der Waals surface area contributed by atoms with Gasteiger partial charge in [-0.05, 0) is 25.5 Å². The second-order valence-corrected chi connectivity index (χ2v) is 9.04. The quantitative estimate of drug-likeness (QED) is 0.632. The fourth-order valence-corrected chi connectivity index (χ4v) is 3.55. The van der Waals surface area contributed by atoms with E-state index < -0.39 is 9.84 Å². The number of hydrogen-bond donors (Lipinski definition) is 0. The molecule has 2 aromatic heterocycles. The summed E-state index contributed by atoms with van der Waals surface area (Å²) in [6, 6.07) is 13.9. The lowest BCUT2D eigenvalue weighted by Crippen LogP contribution is -2.14. The van der Waals surface area contributed by atoms with Crippen LogP contribution in [-0.2, 0) is 22.8 Å². The van der Waals surface area contributed by atoms with Crippen molar-refractivity contribution in [1.29, 1.82) is 0 Å². The van der Waals surface area contributed by atoms with Gasteiger partial charge < -0.3 is 8.98 Å². The standard InChI is InChI=1S/C20H24N2O3S/c1-15(19-10-9-16(2)25-19)13-18-20(17-7-5-4-6-8-17)21-14-22(18)11-12-26(3,23)24/h4-10,14-15H,11-13H2,1-3H3/t15-/m0/s1. The molecular weight excluding hydrogens is 348 g/mol. The van der Waals surface area contributed by atoms with Crippen LogP contribution in [0.25, 0.3) is 11.3 Å². The molecule has 6 heteroatoms. The van der Waals surface area contributed by atoms with Crippen LogP contribution >= 0.6 is 0 Å². The maximum atomic E-state index is 11.6. The summed E-state index contributed by atoms with van der Waals surface area (Å²) >= 11 is 0. The van der Waals surface area contributed by atoms with Crippen molar-refractivity contribution in [3.05, 3.63) is 66.0 Å². The minimum absolute atomic E-state index is 0.0961. The van der Waals surface area contributed by atoms with E-state index in [-0.39, 0.29) is 11.7 Å². The highest BCUT2D eigenvalue weighted by Crippen LogP contribution is 2.28. The van der Waals surface area contributed by atoms with Crippen molar-refractivity contribution in [1.82, 2.24) is 9.55 Å². The highest BCUT2D eigenvalue weighted by atomic mass is 32.2. The Hall–Kier alpha value is -2.34. The van der Waals surface area contributed by atoms with Crippen molar-refractivity contribution in [3.8, 4) is 11.3 Å². The van der Waals surface area contributed by atoms with Crippen molar-refractivity contribution in [2.45, 2.75) is 32.7 Å². The molecule has 0 spiro atoms. The van der Waals surface area contributed by atoms with Gasteiger partial charge in [0.25, 0.3) is 0 Å². The number of aryl methyl sites for hydroxylation is 2. The first kappa shape index (κ1) is 18.5. The topological polar surface area (TPSA) is 65.1 Å². The molecule has 0 unspecified atom stereocenters. The fourth-order valence-electron chi connectivity index (χ4n) is 3.02. The van der Waals surface area contributed by atoms with E-state index >= 15 is 0 Å². The van der Waals surface area contributed by atoms with Gasteiger partial charge in [-0.2, -0.15) is 0 Å². The lowest BCUT2D eigenvalue weighted by atomic mass is 9.99. The first-order chi connectivity index (χ1) is 12.3. The van der Waals surface area contributed by atoms with E-state index in [4.69, 9.17) is 4.42 Å². The number of furan rings is 1. The van der Waals surface area contributed by atoms with Gasteiger partial charge in [-0.15, -0.1) is 0 Å². The Morgan fingerprint density at radius 1 is 1.15 bits per heavy atom. The molecule has 3 aromatic rings. The van der Waals surface area contributed by atoms with Crippen LogP contribution in [0, 0.1) is 6.92 Å². The molecule has 0 saturated heterocycles. The van der Waals surface area contributed by atoms with Crippen molar-refractivity contribution >= 4 is 9.84 Å². The molecule has 0 saturated carbocycles. The Morgan fingerprint density at radius 2 is 1.88 bits per heavy atom. The minimum Gasteiger partial charge on any atom is -0.466 e. The summed E-state index contributed by atoms with van der Waals surface area (Å²) in [5.41, 5.74) is 2.96. The van der Waals surface area contributed by atoms with Gasteiger partial charge in [-0.3, -0.25) is 0 Å². The summed E-state index contributed by atoms with van der Waals surface area (Å²) in [5, 5.41) is 0. The number of benzene rings is 1. The first-order valence-electron chi connectivity index (χ1n) is 8.67. The van der Waals surface area contributed by atoms with Crippen LogP contribution in [-0.4, -0.2) is 30.0 Å². The van der Waals surface area contributed by atoms with E-state index in [1.165, 1.54) is 6.26 Å². The third-order valence-electron chi connectivity index (χ3n) is 4.44. The van der Waals surface area contributed by atoms with Gasteiger partial charge in [-0.25, -0.2) is 13.4 Å². The predicted octanol–water partition coefficient (Wildman–Crippen LogP) is 3.84. The molecule has 0 radical (unpaired) electrons. The Bertz CT molecular complexity index is 972. The number of imidazole rings is 1. The molecule has 0 aliphatic heterocycles. The monoisotopic (exact) mass is 372 g/mol.